The Morgan fingerprint density at radius 3 is 2.59 bits per heavy atom. The average molecular weight is 409 g/mol. The second-order valence-corrected chi connectivity index (χ2v) is 8.41. The van der Waals surface area contributed by atoms with E-state index in [2.05, 4.69) is 25.3 Å². The molecule has 2 rings (SSSR count). The van der Waals surface area contributed by atoms with Gasteiger partial charge in [0.25, 0.3) is 0 Å². The second-order valence-electron chi connectivity index (χ2n) is 8.41. The van der Waals surface area contributed by atoms with E-state index >= 15 is 0 Å². The molecule has 1 aromatic heterocycles. The predicted octanol–water partition coefficient (Wildman–Crippen LogP) is 2.46. The van der Waals surface area contributed by atoms with Crippen LogP contribution in [0.2, 0.25) is 0 Å². The van der Waals surface area contributed by atoms with Crippen molar-refractivity contribution in [1.29, 1.82) is 0 Å². The van der Waals surface area contributed by atoms with Gasteiger partial charge in [0.15, 0.2) is 11.8 Å². The van der Waals surface area contributed by atoms with Crippen LogP contribution >= 0.6 is 0 Å². The van der Waals surface area contributed by atoms with Gasteiger partial charge in [0, 0.05) is 46.2 Å². The molecule has 1 aliphatic heterocycles. The van der Waals surface area contributed by atoms with E-state index < -0.39 is 5.60 Å². The van der Waals surface area contributed by atoms with Gasteiger partial charge in [0.2, 0.25) is 5.89 Å². The molecule has 1 aromatic rings. The Bertz CT molecular complexity index is 674. The van der Waals surface area contributed by atoms with Gasteiger partial charge in [-0.2, -0.15) is 4.98 Å². The summed E-state index contributed by atoms with van der Waals surface area (Å²) in [5.41, 5.74) is -0.466. The number of likely N-dealkylation sites (tertiary alicyclic amines) is 1. The molecule has 29 heavy (non-hydrogen) atoms. The number of nitrogens with one attached hydrogen (secondary N) is 1. The number of hydrogen-bond donors (Lipinski definition) is 1. The number of rotatable bonds is 6. The molecule has 1 amide bonds. The normalized spacial score (nSPS) is 16.1. The molecule has 1 fully saturated rings. The number of guanidine groups is 1. The van der Waals surface area contributed by atoms with Crippen molar-refractivity contribution in [1.82, 2.24) is 25.3 Å². The molecule has 1 aliphatic rings. The highest BCUT2D eigenvalue weighted by Crippen LogP contribution is 2.20. The van der Waals surface area contributed by atoms with Crippen molar-refractivity contribution in [2.45, 2.75) is 59.5 Å². The summed E-state index contributed by atoms with van der Waals surface area (Å²) in [7, 11) is 1.80. The zero-order chi connectivity index (χ0) is 21.4. The first-order chi connectivity index (χ1) is 13.7. The molecule has 2 heterocycles. The van der Waals surface area contributed by atoms with Gasteiger partial charge < -0.3 is 24.4 Å². The van der Waals surface area contributed by atoms with Crippen LogP contribution in [0.1, 0.15) is 52.3 Å². The Kier molecular flexibility index (Phi) is 8.28. The summed E-state index contributed by atoms with van der Waals surface area (Å²) >= 11 is 0. The van der Waals surface area contributed by atoms with Crippen molar-refractivity contribution in [2.75, 3.05) is 39.8 Å². The van der Waals surface area contributed by atoms with Crippen molar-refractivity contribution >= 4 is 12.1 Å². The first-order valence-corrected chi connectivity index (χ1v) is 10.4. The summed E-state index contributed by atoms with van der Waals surface area (Å²) < 4.78 is 10.7. The summed E-state index contributed by atoms with van der Waals surface area (Å²) in [6, 6.07) is 0. The van der Waals surface area contributed by atoms with Crippen LogP contribution in [0.15, 0.2) is 9.52 Å². The van der Waals surface area contributed by atoms with Gasteiger partial charge in [-0.1, -0.05) is 5.16 Å². The molecule has 9 nitrogen and oxygen atoms in total. The van der Waals surface area contributed by atoms with E-state index in [9.17, 15) is 4.79 Å². The molecule has 0 atom stereocenters. The number of ether oxygens (including phenoxy) is 1. The first kappa shape index (κ1) is 23.0. The van der Waals surface area contributed by atoms with E-state index in [0.717, 1.165) is 38.4 Å². The lowest BCUT2D eigenvalue weighted by molar-refractivity contribution is 0.0214. The molecular weight excluding hydrogens is 372 g/mol. The predicted molar refractivity (Wildman–Crippen MR) is 112 cm³/mol. The number of carbonyl (C=O) groups is 1. The highest BCUT2D eigenvalue weighted by molar-refractivity contribution is 5.79. The zero-order valence-electron chi connectivity index (χ0n) is 18.7. The van der Waals surface area contributed by atoms with Crippen LogP contribution in [-0.2, 0) is 11.2 Å². The number of nitrogens with zero attached hydrogens (tertiary/aromatic N) is 5. The van der Waals surface area contributed by atoms with Crippen molar-refractivity contribution in [3.8, 4) is 0 Å². The molecule has 0 aromatic carbocycles. The Morgan fingerprint density at radius 2 is 2.07 bits per heavy atom. The third-order valence-corrected chi connectivity index (χ3v) is 4.83. The second kappa shape index (κ2) is 10.5. The topological polar surface area (TPSA) is 96.1 Å². The molecule has 0 aliphatic carbocycles. The number of aliphatic imine (C=N–C) groups is 1. The molecule has 9 heteroatoms. The standard InChI is InChI=1S/C20H36N6O3/c1-7-25(19(27)28-20(3,4)5)14-16-9-12-26(13-10-16)18(21-6)22-11-8-17-23-15(2)24-29-17/h16H,7-14H2,1-6H3,(H,21,22). The number of aromatic nitrogens is 2. The summed E-state index contributed by atoms with van der Waals surface area (Å²) in [5, 5.41) is 7.17. The first-order valence-electron chi connectivity index (χ1n) is 10.4. The van der Waals surface area contributed by atoms with Crippen molar-refractivity contribution < 1.29 is 14.1 Å². The summed E-state index contributed by atoms with van der Waals surface area (Å²) in [4.78, 5) is 25.1. The zero-order valence-corrected chi connectivity index (χ0v) is 18.7. The SMILES string of the molecule is CCN(CC1CCN(C(=NC)NCCc2nc(C)no2)CC1)C(=O)OC(C)(C)C. The minimum absolute atomic E-state index is 0.226. The van der Waals surface area contributed by atoms with Gasteiger partial charge in [-0.15, -0.1) is 0 Å². The van der Waals surface area contributed by atoms with Crippen LogP contribution in [0.3, 0.4) is 0 Å². The van der Waals surface area contributed by atoms with Crippen LogP contribution < -0.4 is 5.32 Å². The number of piperidine rings is 1. The maximum atomic E-state index is 12.4. The van der Waals surface area contributed by atoms with Crippen molar-refractivity contribution in [2.24, 2.45) is 10.9 Å². The molecule has 0 spiro atoms. The quantitative estimate of drug-likeness (QED) is 0.570. The number of hydrogen-bond acceptors (Lipinski definition) is 6. The number of aryl methyl sites for hydroxylation is 1. The van der Waals surface area contributed by atoms with Crippen LogP contribution in [0.25, 0.3) is 0 Å². The maximum absolute atomic E-state index is 12.4. The lowest BCUT2D eigenvalue weighted by Gasteiger charge is -2.36. The van der Waals surface area contributed by atoms with Crippen LogP contribution in [0.5, 0.6) is 0 Å². The molecule has 0 unspecified atom stereocenters. The van der Waals surface area contributed by atoms with Crippen molar-refractivity contribution in [3.63, 3.8) is 0 Å². The molecule has 0 radical (unpaired) electrons. The average Bonchev–Trinajstić information content (AvgIpc) is 3.07. The largest absolute Gasteiger partial charge is 0.444 e. The number of carbonyl (C=O) groups excluding carboxylic acids is 1. The molecule has 164 valence electrons. The molecular formula is C20H36N6O3. The molecule has 1 saturated heterocycles. The molecule has 0 bridgehead atoms. The summed E-state index contributed by atoms with van der Waals surface area (Å²) in [6.45, 7) is 13.4. The minimum atomic E-state index is -0.466. The lowest BCUT2D eigenvalue weighted by Crippen LogP contribution is -2.48. The fourth-order valence-corrected chi connectivity index (χ4v) is 3.35. The van der Waals surface area contributed by atoms with Gasteiger partial charge in [-0.25, -0.2) is 4.79 Å². The smallest absolute Gasteiger partial charge is 0.410 e. The van der Waals surface area contributed by atoms with Gasteiger partial charge in [0.05, 0.1) is 0 Å². The third-order valence-electron chi connectivity index (χ3n) is 4.83. The van der Waals surface area contributed by atoms with E-state index in [1.807, 2.05) is 39.5 Å². The highest BCUT2D eigenvalue weighted by atomic mass is 16.6. The van der Waals surface area contributed by atoms with Gasteiger partial charge in [0.1, 0.15) is 5.60 Å². The van der Waals surface area contributed by atoms with Crippen LogP contribution in [0.4, 0.5) is 4.79 Å². The summed E-state index contributed by atoms with van der Waals surface area (Å²) in [6.07, 6.45) is 2.47. The monoisotopic (exact) mass is 408 g/mol. The van der Waals surface area contributed by atoms with Crippen LogP contribution in [-0.4, -0.2) is 77.4 Å². The highest BCUT2D eigenvalue weighted by Gasteiger charge is 2.27. The summed E-state index contributed by atoms with van der Waals surface area (Å²) in [5.74, 6) is 2.64. The Morgan fingerprint density at radius 1 is 1.38 bits per heavy atom. The van der Waals surface area contributed by atoms with E-state index in [0.29, 0.717) is 37.1 Å². The van der Waals surface area contributed by atoms with Gasteiger partial charge >= 0.3 is 6.09 Å². The minimum Gasteiger partial charge on any atom is -0.444 e. The molecule has 0 saturated carbocycles. The fraction of sp³-hybridized carbons (Fsp3) is 0.800. The van der Waals surface area contributed by atoms with E-state index in [1.165, 1.54) is 0 Å². The number of amides is 1. The van der Waals surface area contributed by atoms with Crippen LogP contribution in [0, 0.1) is 12.8 Å². The molecule has 1 N–H and O–H groups in total. The van der Waals surface area contributed by atoms with E-state index in [-0.39, 0.29) is 6.09 Å². The van der Waals surface area contributed by atoms with Gasteiger partial charge in [-0.05, 0) is 53.4 Å². The third kappa shape index (κ3) is 7.55. The fourth-order valence-electron chi connectivity index (χ4n) is 3.35. The van der Waals surface area contributed by atoms with Gasteiger partial charge in [-0.3, -0.25) is 4.99 Å². The Labute approximate surface area is 173 Å². The lowest BCUT2D eigenvalue weighted by atomic mass is 9.96. The maximum Gasteiger partial charge on any atom is 0.410 e. The Hall–Kier alpha value is -2.32. The van der Waals surface area contributed by atoms with E-state index in [1.54, 1.807) is 7.05 Å². The van der Waals surface area contributed by atoms with E-state index in [4.69, 9.17) is 9.26 Å². The van der Waals surface area contributed by atoms with Crippen molar-refractivity contribution in [3.05, 3.63) is 11.7 Å². The Balaban J connectivity index is 1.76.